The molecule has 0 amide bonds. The number of hydrogen-bond donors (Lipinski definition) is 1. The average Bonchev–Trinajstić information content (AvgIpc) is 2.44. The fraction of sp³-hybridized carbons (Fsp3) is 0.500. The lowest BCUT2D eigenvalue weighted by Crippen LogP contribution is -2.11. The Bertz CT molecular complexity index is 271. The summed E-state index contributed by atoms with van der Waals surface area (Å²) in [7, 11) is 0. The predicted octanol–water partition coefficient (Wildman–Crippen LogP) is 1.94. The van der Waals surface area contributed by atoms with Gasteiger partial charge in [-0.05, 0) is 18.4 Å². The fourth-order valence-corrected chi connectivity index (χ4v) is 1.89. The van der Waals surface area contributed by atoms with Crippen molar-refractivity contribution >= 4 is 0 Å². The van der Waals surface area contributed by atoms with Crippen LogP contribution in [0.15, 0.2) is 30.3 Å². The van der Waals surface area contributed by atoms with E-state index in [0.29, 0.717) is 12.5 Å². The third kappa shape index (κ3) is 2.34. The lowest BCUT2D eigenvalue weighted by Gasteiger charge is -2.13. The van der Waals surface area contributed by atoms with Crippen molar-refractivity contribution in [1.82, 2.24) is 0 Å². The lowest BCUT2D eigenvalue weighted by molar-refractivity contribution is 0.0487. The number of aliphatic hydroxyl groups excluding tert-OH is 1. The van der Waals surface area contributed by atoms with E-state index in [4.69, 9.17) is 4.74 Å². The van der Waals surface area contributed by atoms with E-state index in [0.717, 1.165) is 19.4 Å². The van der Waals surface area contributed by atoms with Crippen molar-refractivity contribution in [3.8, 4) is 0 Å². The van der Waals surface area contributed by atoms with Crippen molar-refractivity contribution in [2.45, 2.75) is 24.9 Å². The van der Waals surface area contributed by atoms with Crippen molar-refractivity contribution in [2.24, 2.45) is 0 Å². The molecule has 1 aromatic carbocycles. The number of rotatable bonds is 1. The van der Waals surface area contributed by atoms with E-state index in [1.54, 1.807) is 0 Å². The smallest absolute Gasteiger partial charge is 0.0773 e. The molecular formula is C12H16O2. The second-order valence-corrected chi connectivity index (χ2v) is 3.88. The molecule has 2 heteroatoms. The van der Waals surface area contributed by atoms with Gasteiger partial charge in [-0.1, -0.05) is 30.3 Å². The Labute approximate surface area is 84.5 Å². The highest BCUT2D eigenvalue weighted by molar-refractivity contribution is 5.19. The highest BCUT2D eigenvalue weighted by Crippen LogP contribution is 2.24. The van der Waals surface area contributed by atoms with Gasteiger partial charge < -0.3 is 9.84 Å². The molecule has 1 fully saturated rings. The second kappa shape index (κ2) is 4.58. The first-order valence-corrected chi connectivity index (χ1v) is 5.17. The first kappa shape index (κ1) is 9.69. The minimum absolute atomic E-state index is 0.274. The molecule has 76 valence electrons. The predicted molar refractivity (Wildman–Crippen MR) is 55.2 cm³/mol. The van der Waals surface area contributed by atoms with Crippen LogP contribution in [0.4, 0.5) is 0 Å². The number of hydrogen-bond acceptors (Lipinski definition) is 2. The third-order valence-corrected chi connectivity index (χ3v) is 2.75. The van der Waals surface area contributed by atoms with Gasteiger partial charge in [0.2, 0.25) is 0 Å². The van der Waals surface area contributed by atoms with Crippen molar-refractivity contribution in [3.63, 3.8) is 0 Å². The maximum Gasteiger partial charge on any atom is 0.0773 e. The SMILES string of the molecule is OC1CCC(c2ccccc2)COC1. The minimum Gasteiger partial charge on any atom is -0.391 e. The summed E-state index contributed by atoms with van der Waals surface area (Å²) in [6, 6.07) is 10.4. The highest BCUT2D eigenvalue weighted by Gasteiger charge is 2.18. The Kier molecular flexibility index (Phi) is 3.17. The van der Waals surface area contributed by atoms with Crippen LogP contribution in [0.2, 0.25) is 0 Å². The van der Waals surface area contributed by atoms with Gasteiger partial charge in [-0.2, -0.15) is 0 Å². The summed E-state index contributed by atoms with van der Waals surface area (Å²) >= 11 is 0. The molecule has 2 rings (SSSR count). The molecule has 1 aliphatic heterocycles. The van der Waals surface area contributed by atoms with Gasteiger partial charge >= 0.3 is 0 Å². The summed E-state index contributed by atoms with van der Waals surface area (Å²) in [4.78, 5) is 0. The Morgan fingerprint density at radius 1 is 1.07 bits per heavy atom. The van der Waals surface area contributed by atoms with Crippen molar-refractivity contribution in [3.05, 3.63) is 35.9 Å². The summed E-state index contributed by atoms with van der Waals surface area (Å²) in [5.74, 6) is 0.452. The number of benzene rings is 1. The van der Waals surface area contributed by atoms with E-state index < -0.39 is 0 Å². The third-order valence-electron chi connectivity index (χ3n) is 2.75. The minimum atomic E-state index is -0.274. The van der Waals surface area contributed by atoms with E-state index in [1.807, 2.05) is 6.07 Å². The molecule has 1 heterocycles. The maximum absolute atomic E-state index is 9.43. The Morgan fingerprint density at radius 2 is 1.86 bits per heavy atom. The van der Waals surface area contributed by atoms with Crippen LogP contribution in [-0.2, 0) is 4.74 Å². The Morgan fingerprint density at radius 3 is 2.64 bits per heavy atom. The van der Waals surface area contributed by atoms with Gasteiger partial charge in [0.15, 0.2) is 0 Å². The summed E-state index contributed by atoms with van der Waals surface area (Å²) in [5, 5.41) is 9.43. The van der Waals surface area contributed by atoms with Crippen LogP contribution in [0.1, 0.15) is 24.3 Å². The topological polar surface area (TPSA) is 29.5 Å². The molecule has 14 heavy (non-hydrogen) atoms. The van der Waals surface area contributed by atoms with Gasteiger partial charge in [0.05, 0.1) is 19.3 Å². The zero-order chi connectivity index (χ0) is 9.80. The molecule has 2 unspecified atom stereocenters. The van der Waals surface area contributed by atoms with E-state index in [2.05, 4.69) is 24.3 Å². The monoisotopic (exact) mass is 192 g/mol. The van der Waals surface area contributed by atoms with E-state index in [9.17, 15) is 5.11 Å². The first-order chi connectivity index (χ1) is 6.86. The normalized spacial score (nSPS) is 28.4. The molecule has 0 aromatic heterocycles. The van der Waals surface area contributed by atoms with Crippen molar-refractivity contribution < 1.29 is 9.84 Å². The van der Waals surface area contributed by atoms with E-state index in [-0.39, 0.29) is 6.10 Å². The average molecular weight is 192 g/mol. The molecule has 1 aromatic rings. The Balaban J connectivity index is 2.04. The molecule has 2 atom stereocenters. The van der Waals surface area contributed by atoms with Crippen LogP contribution >= 0.6 is 0 Å². The van der Waals surface area contributed by atoms with Gasteiger partial charge in [0, 0.05) is 5.92 Å². The number of ether oxygens (including phenoxy) is 1. The quantitative estimate of drug-likeness (QED) is 0.736. The zero-order valence-corrected chi connectivity index (χ0v) is 8.23. The van der Waals surface area contributed by atoms with Gasteiger partial charge in [0.25, 0.3) is 0 Å². The Hall–Kier alpha value is -0.860. The van der Waals surface area contributed by atoms with Crippen LogP contribution in [0.25, 0.3) is 0 Å². The molecule has 0 spiro atoms. The maximum atomic E-state index is 9.43. The van der Waals surface area contributed by atoms with Crippen LogP contribution in [-0.4, -0.2) is 24.4 Å². The molecule has 0 bridgehead atoms. The zero-order valence-electron chi connectivity index (χ0n) is 8.23. The molecule has 1 N–H and O–H groups in total. The van der Waals surface area contributed by atoms with Gasteiger partial charge in [0.1, 0.15) is 0 Å². The van der Waals surface area contributed by atoms with E-state index in [1.165, 1.54) is 5.56 Å². The summed E-state index contributed by atoms with van der Waals surface area (Å²) in [6.45, 7) is 1.23. The highest BCUT2D eigenvalue weighted by atomic mass is 16.5. The van der Waals surface area contributed by atoms with E-state index >= 15 is 0 Å². The molecule has 2 nitrogen and oxygen atoms in total. The molecular weight excluding hydrogens is 176 g/mol. The van der Waals surface area contributed by atoms with Crippen molar-refractivity contribution in [2.75, 3.05) is 13.2 Å². The summed E-state index contributed by atoms with van der Waals surface area (Å²) in [5.41, 5.74) is 1.32. The van der Waals surface area contributed by atoms with Crippen molar-refractivity contribution in [1.29, 1.82) is 0 Å². The molecule has 1 aliphatic rings. The molecule has 0 saturated carbocycles. The van der Waals surface area contributed by atoms with Crippen LogP contribution < -0.4 is 0 Å². The largest absolute Gasteiger partial charge is 0.391 e. The lowest BCUT2D eigenvalue weighted by atomic mass is 9.95. The fourth-order valence-electron chi connectivity index (χ4n) is 1.89. The van der Waals surface area contributed by atoms with Crippen LogP contribution in [0.5, 0.6) is 0 Å². The van der Waals surface area contributed by atoms with Gasteiger partial charge in [-0.15, -0.1) is 0 Å². The summed E-state index contributed by atoms with van der Waals surface area (Å²) in [6.07, 6.45) is 1.59. The second-order valence-electron chi connectivity index (χ2n) is 3.88. The van der Waals surface area contributed by atoms with Crippen LogP contribution in [0, 0.1) is 0 Å². The van der Waals surface area contributed by atoms with Gasteiger partial charge in [-0.3, -0.25) is 0 Å². The molecule has 0 aliphatic carbocycles. The number of aliphatic hydroxyl groups is 1. The molecule has 1 saturated heterocycles. The first-order valence-electron chi connectivity index (χ1n) is 5.17. The standard InChI is InChI=1S/C12H16O2/c13-12-7-6-11(8-14-9-12)10-4-2-1-3-5-10/h1-5,11-13H,6-9H2. The van der Waals surface area contributed by atoms with Crippen LogP contribution in [0.3, 0.4) is 0 Å². The molecule has 0 radical (unpaired) electrons. The summed E-state index contributed by atoms with van der Waals surface area (Å²) < 4.78 is 5.42. The van der Waals surface area contributed by atoms with Gasteiger partial charge in [-0.25, -0.2) is 0 Å².